The molecular weight excluding hydrogens is 863 g/mol. The zero-order chi connectivity index (χ0) is 48.9. The molecule has 0 aliphatic heterocycles. The van der Waals surface area contributed by atoms with Gasteiger partial charge in [-0.3, -0.25) is 47.9 Å². The number of H-pyrrole nitrogens is 1. The Labute approximate surface area is 379 Å². The maximum Gasteiger partial charge on any atom is 0.303 e. The molecule has 356 valence electrons. The third-order valence-corrected chi connectivity index (χ3v) is 10.1. The quantitative estimate of drug-likeness (QED) is 0.0376. The summed E-state index contributed by atoms with van der Waals surface area (Å²) in [6, 6.07) is 6.64. The highest BCUT2D eigenvalue weighted by molar-refractivity contribution is 5.97. The summed E-state index contributed by atoms with van der Waals surface area (Å²) in [6.07, 6.45) is 1.82. The molecule has 0 saturated heterocycles. The maximum atomic E-state index is 13.6. The fourth-order valence-electron chi connectivity index (χ4n) is 6.21. The van der Waals surface area contributed by atoms with E-state index in [4.69, 9.17) is 16.6 Å². The summed E-state index contributed by atoms with van der Waals surface area (Å²) < 4.78 is 0. The number of rotatable bonds is 27. The van der Waals surface area contributed by atoms with Gasteiger partial charge in [0.25, 0.3) is 0 Å². The van der Waals surface area contributed by atoms with Crippen LogP contribution >= 0.6 is 0 Å². The number of imidazole rings is 1. The SMILES string of the molecule is C[C@H](NC(=O)[C@H](C)NC(=O)[C@H](Cc1cnc[nH]1)NC(=O)CNC(=O)[C@H](Cc1ccc(O)cc1)NC(=O)[C@@H](C)CCC(N)=O)C(=O)N[C@@H](Cc1ccccc1)C(=O)N[C@@H](CCC(=O)O)C(N)=O. The zero-order valence-corrected chi connectivity index (χ0v) is 36.6. The molecule has 0 radical (unpaired) electrons. The number of carboxylic acid groups (broad SMARTS) is 1. The predicted molar refractivity (Wildman–Crippen MR) is 234 cm³/mol. The van der Waals surface area contributed by atoms with Crippen molar-refractivity contribution in [3.63, 3.8) is 0 Å². The Morgan fingerprint density at radius 2 is 1.14 bits per heavy atom. The van der Waals surface area contributed by atoms with Crippen LogP contribution in [-0.4, -0.2) is 122 Å². The van der Waals surface area contributed by atoms with E-state index in [1.165, 1.54) is 38.5 Å². The van der Waals surface area contributed by atoms with E-state index in [0.717, 1.165) is 0 Å². The Morgan fingerprint density at radius 1 is 0.606 bits per heavy atom. The van der Waals surface area contributed by atoms with E-state index in [1.54, 1.807) is 49.4 Å². The van der Waals surface area contributed by atoms with Gasteiger partial charge in [-0.15, -0.1) is 0 Å². The second-order valence-electron chi connectivity index (χ2n) is 15.6. The normalized spacial score (nSPS) is 14.0. The number of benzene rings is 2. The molecular formula is C43H57N11O12. The summed E-state index contributed by atoms with van der Waals surface area (Å²) in [5.41, 5.74) is 12.2. The number of aromatic hydroxyl groups is 1. The van der Waals surface area contributed by atoms with Gasteiger partial charge in [0.2, 0.25) is 53.2 Å². The molecule has 0 fully saturated rings. The van der Waals surface area contributed by atoms with Gasteiger partial charge in [-0.2, -0.15) is 0 Å². The van der Waals surface area contributed by atoms with Crippen molar-refractivity contribution in [3.8, 4) is 5.75 Å². The number of nitrogens with one attached hydrogen (secondary N) is 8. The average Bonchev–Trinajstić information content (AvgIpc) is 3.79. The molecule has 0 unspecified atom stereocenters. The first kappa shape index (κ1) is 52.5. The lowest BCUT2D eigenvalue weighted by Gasteiger charge is -2.25. The van der Waals surface area contributed by atoms with Crippen molar-refractivity contribution in [3.05, 3.63) is 83.9 Å². The first-order valence-corrected chi connectivity index (χ1v) is 20.9. The monoisotopic (exact) mass is 919 g/mol. The largest absolute Gasteiger partial charge is 0.508 e. The second kappa shape index (κ2) is 26.1. The number of nitrogens with two attached hydrogens (primary N) is 2. The highest BCUT2D eigenvalue weighted by Crippen LogP contribution is 2.13. The van der Waals surface area contributed by atoms with Gasteiger partial charge in [-0.25, -0.2) is 4.98 Å². The molecule has 7 atom stereocenters. The number of aromatic amines is 1. The highest BCUT2D eigenvalue weighted by Gasteiger charge is 2.31. The van der Waals surface area contributed by atoms with E-state index in [-0.39, 0.29) is 44.3 Å². The topological polar surface area (TPSA) is 376 Å². The smallest absolute Gasteiger partial charge is 0.303 e. The number of phenols is 1. The van der Waals surface area contributed by atoms with Crippen LogP contribution in [0.15, 0.2) is 67.1 Å². The Balaban J connectivity index is 1.66. The van der Waals surface area contributed by atoms with E-state index >= 15 is 0 Å². The van der Waals surface area contributed by atoms with Gasteiger partial charge in [0.05, 0.1) is 12.9 Å². The molecule has 0 aliphatic rings. The first-order valence-electron chi connectivity index (χ1n) is 20.9. The lowest BCUT2D eigenvalue weighted by molar-refractivity contribution is -0.138. The molecule has 0 aliphatic carbocycles. The maximum absolute atomic E-state index is 13.6. The number of amides is 9. The van der Waals surface area contributed by atoms with Crippen molar-refractivity contribution in [2.75, 3.05) is 6.54 Å². The van der Waals surface area contributed by atoms with Crippen LogP contribution in [0.25, 0.3) is 0 Å². The molecule has 9 amide bonds. The van der Waals surface area contributed by atoms with E-state index in [2.05, 4.69) is 47.2 Å². The fourth-order valence-corrected chi connectivity index (χ4v) is 6.21. The lowest BCUT2D eigenvalue weighted by atomic mass is 10.0. The summed E-state index contributed by atoms with van der Waals surface area (Å²) in [5, 5.41) is 36.2. The number of hydrogen-bond donors (Lipinski definition) is 12. The van der Waals surface area contributed by atoms with E-state index < -0.39 is 114 Å². The van der Waals surface area contributed by atoms with E-state index in [1.807, 2.05) is 0 Å². The van der Waals surface area contributed by atoms with Gasteiger partial charge in [0.15, 0.2) is 0 Å². The lowest BCUT2D eigenvalue weighted by Crippen LogP contribution is -2.58. The zero-order valence-electron chi connectivity index (χ0n) is 36.6. The minimum atomic E-state index is -1.35. The van der Waals surface area contributed by atoms with Crippen LogP contribution in [0.5, 0.6) is 5.75 Å². The summed E-state index contributed by atoms with van der Waals surface area (Å²) >= 11 is 0. The Bertz CT molecular complexity index is 2170. The molecule has 1 aromatic heterocycles. The van der Waals surface area contributed by atoms with Crippen LogP contribution in [0, 0.1) is 5.92 Å². The van der Waals surface area contributed by atoms with Crippen LogP contribution in [0.1, 0.15) is 63.3 Å². The number of carboxylic acids is 1. The molecule has 3 rings (SSSR count). The van der Waals surface area contributed by atoms with Crippen molar-refractivity contribution < 1.29 is 58.2 Å². The minimum absolute atomic E-state index is 0.0233. The van der Waals surface area contributed by atoms with Gasteiger partial charge in [-0.05, 0) is 49.9 Å². The number of nitrogens with zero attached hydrogens (tertiary/aromatic N) is 1. The number of phenolic OH excluding ortho intramolecular Hbond substituents is 1. The fraction of sp³-hybridized carbons (Fsp3) is 0.419. The number of carbonyl (C=O) groups is 10. The van der Waals surface area contributed by atoms with Gasteiger partial charge in [-0.1, -0.05) is 49.4 Å². The molecule has 0 spiro atoms. The standard InChI is InChI=1S/C43H57N11O12/c1-23(9-15-34(44)56)38(61)53-31(18-27-10-12-29(55)13-11-27)41(64)47-21-35(57)51-33(19-28-20-46-22-48-28)42(65)50-24(2)39(62)49-25(3)40(63)54-32(17-26-7-5-4-6-8-26)43(66)52-30(37(45)60)14-16-36(58)59/h4-8,10-13,20,22-25,30-33,55H,9,14-19,21H2,1-3H3,(H2,44,56)(H2,45,60)(H,46,48)(H,47,64)(H,49,62)(H,50,65)(H,51,57)(H,52,66)(H,53,61)(H,54,63)(H,58,59)/t23-,24-,25-,30-,31-,32-,33-/m0/s1. The van der Waals surface area contributed by atoms with Gasteiger partial charge < -0.3 is 63.9 Å². The molecule has 1 heterocycles. The molecule has 23 heteroatoms. The number of hydrogen-bond acceptors (Lipinski definition) is 12. The Hall–Kier alpha value is -7.85. The predicted octanol–water partition coefficient (Wildman–Crippen LogP) is -2.54. The van der Waals surface area contributed by atoms with E-state index in [9.17, 15) is 53.1 Å². The van der Waals surface area contributed by atoms with Crippen LogP contribution in [0.2, 0.25) is 0 Å². The van der Waals surface area contributed by atoms with Crippen LogP contribution < -0.4 is 48.7 Å². The van der Waals surface area contributed by atoms with Gasteiger partial charge >= 0.3 is 5.97 Å². The molecule has 14 N–H and O–H groups in total. The summed E-state index contributed by atoms with van der Waals surface area (Å²) in [4.78, 5) is 134. The van der Waals surface area contributed by atoms with Crippen LogP contribution in [-0.2, 0) is 67.2 Å². The molecule has 3 aromatic rings. The summed E-state index contributed by atoms with van der Waals surface area (Å²) in [5.74, 6) is -8.99. The second-order valence-corrected chi connectivity index (χ2v) is 15.6. The number of primary amides is 2. The third-order valence-electron chi connectivity index (χ3n) is 10.1. The van der Waals surface area contributed by atoms with Gasteiger partial charge in [0.1, 0.15) is 42.0 Å². The van der Waals surface area contributed by atoms with Gasteiger partial charge in [0, 0.05) is 49.9 Å². The number of aromatic nitrogens is 2. The number of aliphatic carboxylic acids is 1. The number of carbonyl (C=O) groups excluding carboxylic acids is 9. The first-order chi connectivity index (χ1) is 31.2. The Kier molecular flexibility index (Phi) is 20.7. The Morgan fingerprint density at radius 3 is 1.71 bits per heavy atom. The average molecular weight is 920 g/mol. The van der Waals surface area contributed by atoms with Crippen LogP contribution in [0.4, 0.5) is 0 Å². The van der Waals surface area contributed by atoms with Crippen molar-refractivity contribution in [1.29, 1.82) is 0 Å². The van der Waals surface area contributed by atoms with Crippen molar-refractivity contribution in [2.45, 2.75) is 102 Å². The highest BCUT2D eigenvalue weighted by atomic mass is 16.4. The van der Waals surface area contributed by atoms with E-state index in [0.29, 0.717) is 16.8 Å². The van der Waals surface area contributed by atoms with Crippen LogP contribution in [0.3, 0.4) is 0 Å². The van der Waals surface area contributed by atoms with Crippen molar-refractivity contribution >= 4 is 59.1 Å². The molecule has 2 aromatic carbocycles. The van der Waals surface area contributed by atoms with Crippen molar-refractivity contribution in [1.82, 2.24) is 47.2 Å². The molecule has 0 bridgehead atoms. The third kappa shape index (κ3) is 18.5. The summed E-state index contributed by atoms with van der Waals surface area (Å²) in [6.45, 7) is 3.54. The van der Waals surface area contributed by atoms with Crippen molar-refractivity contribution in [2.24, 2.45) is 17.4 Å². The molecule has 66 heavy (non-hydrogen) atoms. The molecule has 23 nitrogen and oxygen atoms in total. The molecule has 0 saturated carbocycles. The minimum Gasteiger partial charge on any atom is -0.508 e. The summed E-state index contributed by atoms with van der Waals surface area (Å²) in [7, 11) is 0.